The van der Waals surface area contributed by atoms with Gasteiger partial charge in [0.05, 0.1) is 17.9 Å². The van der Waals surface area contributed by atoms with E-state index in [1.165, 1.54) is 0 Å². The van der Waals surface area contributed by atoms with Gasteiger partial charge in [0.1, 0.15) is 6.10 Å². The second-order valence-electron chi connectivity index (χ2n) is 7.36. The van der Waals surface area contributed by atoms with Gasteiger partial charge in [-0.2, -0.15) is 0 Å². The average molecular weight is 268 g/mol. The van der Waals surface area contributed by atoms with Crippen molar-refractivity contribution in [2.45, 2.75) is 53.6 Å². The van der Waals surface area contributed by atoms with Crippen LogP contribution >= 0.6 is 0 Å². The third-order valence-electron chi connectivity index (χ3n) is 4.60. The van der Waals surface area contributed by atoms with E-state index in [9.17, 15) is 9.59 Å². The number of fused-ring (bicyclic) bond motifs is 1. The van der Waals surface area contributed by atoms with E-state index in [-0.39, 0.29) is 29.4 Å². The van der Waals surface area contributed by atoms with E-state index >= 15 is 0 Å². The highest BCUT2D eigenvalue weighted by atomic mass is 16.5. The highest BCUT2D eigenvalue weighted by Gasteiger charge is 2.53. The van der Waals surface area contributed by atoms with Gasteiger partial charge in [-0.15, -0.1) is 0 Å². The van der Waals surface area contributed by atoms with Gasteiger partial charge in [-0.25, -0.2) is 0 Å². The molecule has 0 aromatic carbocycles. The molecule has 108 valence electrons. The summed E-state index contributed by atoms with van der Waals surface area (Å²) in [6.45, 7) is 10.1. The molecule has 19 heavy (non-hydrogen) atoms. The van der Waals surface area contributed by atoms with E-state index in [0.717, 1.165) is 12.8 Å². The van der Waals surface area contributed by atoms with Crippen molar-refractivity contribution in [1.82, 2.24) is 0 Å². The van der Waals surface area contributed by atoms with Gasteiger partial charge in [-0.3, -0.25) is 9.59 Å². The second-order valence-corrected chi connectivity index (χ2v) is 7.36. The molecule has 0 radical (unpaired) electrons. The Morgan fingerprint density at radius 1 is 1.42 bits per heavy atom. The zero-order valence-electron chi connectivity index (χ0n) is 12.5. The lowest BCUT2D eigenvalue weighted by atomic mass is 9.81. The molecule has 1 aliphatic carbocycles. The summed E-state index contributed by atoms with van der Waals surface area (Å²) in [4.78, 5) is 23.6. The summed E-state index contributed by atoms with van der Waals surface area (Å²) in [6.07, 6.45) is 1.48. The maximum absolute atomic E-state index is 12.0. The van der Waals surface area contributed by atoms with E-state index in [0.29, 0.717) is 12.5 Å². The van der Waals surface area contributed by atoms with Crippen LogP contribution in [-0.4, -0.2) is 24.6 Å². The quantitative estimate of drug-likeness (QED) is 0.722. The SMILES string of the molecule is CC(OC(=O)C(C)(C)C)C1(C)CC2COC(=O)C2C1. The fraction of sp³-hybridized carbons (Fsp3) is 0.867. The molecule has 1 heterocycles. The summed E-state index contributed by atoms with van der Waals surface area (Å²) in [5.41, 5.74) is -0.603. The minimum atomic E-state index is -0.488. The molecule has 2 fully saturated rings. The van der Waals surface area contributed by atoms with Crippen molar-refractivity contribution in [3.63, 3.8) is 0 Å². The molecule has 0 bridgehead atoms. The van der Waals surface area contributed by atoms with Crippen LogP contribution in [0.1, 0.15) is 47.5 Å². The highest BCUT2D eigenvalue weighted by molar-refractivity contribution is 5.76. The third-order valence-corrected chi connectivity index (χ3v) is 4.60. The van der Waals surface area contributed by atoms with Crippen LogP contribution in [0.2, 0.25) is 0 Å². The number of rotatable bonds is 2. The normalized spacial score (nSPS) is 35.7. The monoisotopic (exact) mass is 268 g/mol. The largest absolute Gasteiger partial charge is 0.465 e. The van der Waals surface area contributed by atoms with Crippen molar-refractivity contribution in [3.05, 3.63) is 0 Å². The number of esters is 2. The molecule has 0 spiro atoms. The van der Waals surface area contributed by atoms with Crippen molar-refractivity contribution in [1.29, 1.82) is 0 Å². The molecular weight excluding hydrogens is 244 g/mol. The molecule has 1 aliphatic heterocycles. The van der Waals surface area contributed by atoms with E-state index in [4.69, 9.17) is 9.47 Å². The van der Waals surface area contributed by atoms with Crippen LogP contribution in [0.15, 0.2) is 0 Å². The van der Waals surface area contributed by atoms with E-state index < -0.39 is 5.41 Å². The molecule has 4 atom stereocenters. The Labute approximate surface area is 114 Å². The molecule has 1 saturated carbocycles. The minimum absolute atomic E-state index is 0.000730. The first-order valence-electron chi connectivity index (χ1n) is 7.01. The predicted molar refractivity (Wildman–Crippen MR) is 70.3 cm³/mol. The molecule has 0 amide bonds. The molecule has 2 aliphatic rings. The highest BCUT2D eigenvalue weighted by Crippen LogP contribution is 2.51. The van der Waals surface area contributed by atoms with E-state index in [1.807, 2.05) is 27.7 Å². The van der Waals surface area contributed by atoms with Gasteiger partial charge < -0.3 is 9.47 Å². The Morgan fingerprint density at radius 2 is 2.05 bits per heavy atom. The van der Waals surface area contributed by atoms with Gasteiger partial charge in [0.2, 0.25) is 0 Å². The fourth-order valence-electron chi connectivity index (χ4n) is 3.05. The van der Waals surface area contributed by atoms with Crippen molar-refractivity contribution >= 4 is 11.9 Å². The lowest BCUT2D eigenvalue weighted by molar-refractivity contribution is -0.164. The molecule has 0 aromatic rings. The molecule has 4 nitrogen and oxygen atoms in total. The second kappa shape index (κ2) is 4.50. The number of cyclic esters (lactones) is 1. The van der Waals surface area contributed by atoms with Gasteiger partial charge in [0.15, 0.2) is 0 Å². The zero-order chi connectivity index (χ0) is 14.4. The third kappa shape index (κ3) is 2.63. The predicted octanol–water partition coefficient (Wildman–Crippen LogP) is 2.55. The first kappa shape index (κ1) is 14.4. The first-order chi connectivity index (χ1) is 8.63. The van der Waals surface area contributed by atoms with Gasteiger partial charge in [0.25, 0.3) is 0 Å². The molecule has 1 saturated heterocycles. The Kier molecular flexibility index (Phi) is 3.40. The number of hydrogen-bond donors (Lipinski definition) is 0. The van der Waals surface area contributed by atoms with Gasteiger partial charge in [-0.05, 0) is 40.5 Å². The van der Waals surface area contributed by atoms with Crippen LogP contribution < -0.4 is 0 Å². The maximum atomic E-state index is 12.0. The summed E-state index contributed by atoms with van der Waals surface area (Å²) >= 11 is 0. The van der Waals surface area contributed by atoms with E-state index in [1.54, 1.807) is 0 Å². The summed E-state index contributed by atoms with van der Waals surface area (Å²) in [5.74, 6) is 0.0398. The number of ether oxygens (including phenoxy) is 2. The van der Waals surface area contributed by atoms with Crippen LogP contribution in [0.25, 0.3) is 0 Å². The number of carbonyl (C=O) groups excluding carboxylic acids is 2. The average Bonchev–Trinajstić information content (AvgIpc) is 2.77. The van der Waals surface area contributed by atoms with Crippen molar-refractivity contribution in [2.75, 3.05) is 6.61 Å². The minimum Gasteiger partial charge on any atom is -0.465 e. The molecule has 4 unspecified atom stereocenters. The molecule has 0 N–H and O–H groups in total. The molecule has 4 heteroatoms. The van der Waals surface area contributed by atoms with Crippen molar-refractivity contribution < 1.29 is 19.1 Å². The number of carbonyl (C=O) groups is 2. The summed E-state index contributed by atoms with van der Waals surface area (Å²) in [6, 6.07) is 0. The summed E-state index contributed by atoms with van der Waals surface area (Å²) in [5, 5.41) is 0. The lowest BCUT2D eigenvalue weighted by Gasteiger charge is -2.33. The molecule has 0 aromatic heterocycles. The van der Waals surface area contributed by atoms with Crippen LogP contribution in [0.3, 0.4) is 0 Å². The Hall–Kier alpha value is -1.06. The molecule has 2 rings (SSSR count). The van der Waals surface area contributed by atoms with Crippen LogP contribution in [-0.2, 0) is 19.1 Å². The van der Waals surface area contributed by atoms with Crippen LogP contribution in [0.4, 0.5) is 0 Å². The smallest absolute Gasteiger partial charge is 0.311 e. The zero-order valence-corrected chi connectivity index (χ0v) is 12.5. The Balaban J connectivity index is 2.02. The van der Waals surface area contributed by atoms with Gasteiger partial charge in [0, 0.05) is 11.3 Å². The van der Waals surface area contributed by atoms with Crippen molar-refractivity contribution in [3.8, 4) is 0 Å². The van der Waals surface area contributed by atoms with Crippen LogP contribution in [0.5, 0.6) is 0 Å². The van der Waals surface area contributed by atoms with Gasteiger partial charge >= 0.3 is 11.9 Å². The summed E-state index contributed by atoms with van der Waals surface area (Å²) in [7, 11) is 0. The fourth-order valence-corrected chi connectivity index (χ4v) is 3.05. The standard InChI is InChI=1S/C15H24O4/c1-9(19-13(17)14(2,3)4)15(5)6-10-8-18-12(16)11(10)7-15/h9-11H,6-8H2,1-5H3. The Morgan fingerprint density at radius 3 is 2.58 bits per heavy atom. The van der Waals surface area contributed by atoms with Crippen LogP contribution in [0, 0.1) is 22.7 Å². The van der Waals surface area contributed by atoms with E-state index in [2.05, 4.69) is 6.92 Å². The first-order valence-corrected chi connectivity index (χ1v) is 7.01. The maximum Gasteiger partial charge on any atom is 0.311 e. The number of hydrogen-bond acceptors (Lipinski definition) is 4. The van der Waals surface area contributed by atoms with Crippen molar-refractivity contribution in [2.24, 2.45) is 22.7 Å². The molecular formula is C15H24O4. The van der Waals surface area contributed by atoms with Gasteiger partial charge in [-0.1, -0.05) is 6.92 Å². The topological polar surface area (TPSA) is 52.6 Å². The summed E-state index contributed by atoms with van der Waals surface area (Å²) < 4.78 is 10.7. The Bertz CT molecular complexity index is 395. The lowest BCUT2D eigenvalue weighted by Crippen LogP contribution is -2.36.